The maximum Gasteiger partial charge on any atom is 0.243 e. The first-order chi connectivity index (χ1) is 9.97. The minimum absolute atomic E-state index is 0.0360. The summed E-state index contributed by atoms with van der Waals surface area (Å²) in [5.41, 5.74) is 1.84. The van der Waals surface area contributed by atoms with Crippen molar-refractivity contribution in [1.82, 2.24) is 14.9 Å². The molecule has 1 saturated carbocycles. The summed E-state index contributed by atoms with van der Waals surface area (Å²) >= 11 is 8.53. The summed E-state index contributed by atoms with van der Waals surface area (Å²) in [6.07, 6.45) is 2.17. The molecule has 112 valence electrons. The van der Waals surface area contributed by atoms with Crippen LogP contribution < -0.4 is 5.32 Å². The number of hydrogen-bond donors (Lipinski definition) is 1. The summed E-state index contributed by atoms with van der Waals surface area (Å²) in [7, 11) is 0. The molecule has 1 amide bonds. The van der Waals surface area contributed by atoms with Gasteiger partial charge in [-0.15, -0.1) is 11.6 Å². The molecule has 1 fully saturated rings. The Bertz CT molecular complexity index is 694. The molecule has 21 heavy (non-hydrogen) atoms. The van der Waals surface area contributed by atoms with Crippen molar-refractivity contribution in [1.29, 1.82) is 0 Å². The molecule has 0 radical (unpaired) electrons. The van der Waals surface area contributed by atoms with Crippen molar-refractivity contribution in [2.24, 2.45) is 0 Å². The number of carbonyl (C=O) groups is 1. The smallest absolute Gasteiger partial charge is 0.243 e. The predicted molar refractivity (Wildman–Crippen MR) is 92.6 cm³/mol. The third-order valence-corrected chi connectivity index (χ3v) is 4.59. The number of nitrogens with one attached hydrogen (secondary N) is 1. The molecule has 1 aromatic heterocycles. The Morgan fingerprint density at radius 1 is 1.48 bits per heavy atom. The van der Waals surface area contributed by atoms with E-state index in [9.17, 15) is 4.79 Å². The Morgan fingerprint density at radius 3 is 2.81 bits per heavy atom. The molecule has 0 aliphatic heterocycles. The van der Waals surface area contributed by atoms with Gasteiger partial charge in [0.2, 0.25) is 5.91 Å². The zero-order chi connectivity index (χ0) is 15.1. The van der Waals surface area contributed by atoms with Crippen LogP contribution >= 0.6 is 34.2 Å². The molecule has 3 rings (SSSR count). The van der Waals surface area contributed by atoms with Crippen LogP contribution in [0, 0.1) is 3.57 Å². The van der Waals surface area contributed by atoms with E-state index in [0.717, 1.165) is 33.3 Å². The number of halogens is 2. The molecule has 1 heterocycles. The zero-order valence-electron chi connectivity index (χ0n) is 11.9. The molecule has 1 aromatic carbocycles. The van der Waals surface area contributed by atoms with Crippen LogP contribution in [-0.4, -0.2) is 21.5 Å². The van der Waals surface area contributed by atoms with Gasteiger partial charge in [-0.1, -0.05) is 0 Å². The minimum Gasteiger partial charge on any atom is -0.352 e. The third-order valence-electron chi connectivity index (χ3n) is 3.73. The Hall–Kier alpha value is -0.820. The van der Waals surface area contributed by atoms with Crippen molar-refractivity contribution in [2.45, 2.75) is 44.1 Å². The Balaban J connectivity index is 2.05. The normalized spacial score (nSPS) is 17.7. The van der Waals surface area contributed by atoms with Gasteiger partial charge in [-0.2, -0.15) is 0 Å². The molecule has 1 aliphatic rings. The van der Waals surface area contributed by atoms with E-state index in [0.29, 0.717) is 6.04 Å². The van der Waals surface area contributed by atoms with Crippen LogP contribution in [0.15, 0.2) is 18.2 Å². The number of imidazole rings is 1. The van der Waals surface area contributed by atoms with Gasteiger partial charge in [0.05, 0.1) is 16.4 Å². The molecule has 6 heteroatoms. The van der Waals surface area contributed by atoms with Gasteiger partial charge in [0.15, 0.2) is 0 Å². The molecule has 0 spiro atoms. The number of aromatic nitrogens is 2. The SMILES string of the molecule is CC(Cl)c1nc2cc(I)ccc2n1C(C)C(=O)NC1CC1. The van der Waals surface area contributed by atoms with Crippen molar-refractivity contribution in [2.75, 3.05) is 0 Å². The highest BCUT2D eigenvalue weighted by Crippen LogP contribution is 2.29. The van der Waals surface area contributed by atoms with Gasteiger partial charge >= 0.3 is 0 Å². The fraction of sp³-hybridized carbons (Fsp3) is 0.467. The minimum atomic E-state index is -0.313. The molecule has 2 unspecified atom stereocenters. The van der Waals surface area contributed by atoms with Gasteiger partial charge < -0.3 is 9.88 Å². The summed E-state index contributed by atoms with van der Waals surface area (Å²) in [5.74, 6) is 0.779. The van der Waals surface area contributed by atoms with E-state index in [4.69, 9.17) is 11.6 Å². The summed E-state index contributed by atoms with van der Waals surface area (Å²) in [4.78, 5) is 17.0. The number of nitrogens with zero attached hydrogens (tertiary/aromatic N) is 2. The molecule has 1 aliphatic carbocycles. The number of rotatable bonds is 4. The average Bonchev–Trinajstić information content (AvgIpc) is 3.15. The number of fused-ring (bicyclic) bond motifs is 1. The number of benzene rings is 1. The lowest BCUT2D eigenvalue weighted by atomic mass is 10.2. The van der Waals surface area contributed by atoms with Gasteiger partial charge in [-0.05, 0) is 67.5 Å². The Morgan fingerprint density at radius 2 is 2.19 bits per heavy atom. The van der Waals surface area contributed by atoms with E-state index < -0.39 is 0 Å². The lowest BCUT2D eigenvalue weighted by Crippen LogP contribution is -2.33. The summed E-state index contributed by atoms with van der Waals surface area (Å²) in [6, 6.07) is 6.09. The average molecular weight is 418 g/mol. The van der Waals surface area contributed by atoms with Crippen molar-refractivity contribution in [3.8, 4) is 0 Å². The summed E-state index contributed by atoms with van der Waals surface area (Å²) in [6.45, 7) is 3.79. The van der Waals surface area contributed by atoms with Crippen LogP contribution in [-0.2, 0) is 4.79 Å². The zero-order valence-corrected chi connectivity index (χ0v) is 14.9. The van der Waals surface area contributed by atoms with Crippen molar-refractivity contribution < 1.29 is 4.79 Å². The van der Waals surface area contributed by atoms with E-state index in [-0.39, 0.29) is 17.3 Å². The fourth-order valence-electron chi connectivity index (χ4n) is 2.44. The van der Waals surface area contributed by atoms with Crippen molar-refractivity contribution in [3.05, 3.63) is 27.6 Å². The maximum atomic E-state index is 12.4. The molecular weight excluding hydrogens is 401 g/mol. The van der Waals surface area contributed by atoms with Crippen molar-refractivity contribution >= 4 is 51.1 Å². The molecule has 0 saturated heterocycles. The van der Waals surface area contributed by atoms with Crippen LogP contribution in [0.5, 0.6) is 0 Å². The molecular formula is C15H17ClIN3O. The number of hydrogen-bond acceptors (Lipinski definition) is 2. The first-order valence-corrected chi connectivity index (χ1v) is 8.60. The van der Waals surface area contributed by atoms with Gasteiger partial charge in [-0.25, -0.2) is 4.98 Å². The Labute approximate surface area is 142 Å². The van der Waals surface area contributed by atoms with Crippen LogP contribution in [0.25, 0.3) is 11.0 Å². The van der Waals surface area contributed by atoms with E-state index in [1.54, 1.807) is 0 Å². The highest BCUT2D eigenvalue weighted by Gasteiger charge is 2.28. The highest BCUT2D eigenvalue weighted by molar-refractivity contribution is 14.1. The standard InChI is InChI=1S/C15H17ClIN3O/c1-8(16)14-19-12-7-10(17)3-6-13(12)20(14)9(2)15(21)18-11-4-5-11/h3,6-9,11H,4-5H2,1-2H3,(H,18,21). The van der Waals surface area contributed by atoms with Gasteiger partial charge in [0.1, 0.15) is 11.9 Å². The number of carbonyl (C=O) groups excluding carboxylic acids is 1. The van der Waals surface area contributed by atoms with Gasteiger partial charge in [0, 0.05) is 9.61 Å². The lowest BCUT2D eigenvalue weighted by molar-refractivity contribution is -0.124. The van der Waals surface area contributed by atoms with E-state index in [1.165, 1.54) is 0 Å². The van der Waals surface area contributed by atoms with E-state index >= 15 is 0 Å². The highest BCUT2D eigenvalue weighted by atomic mass is 127. The van der Waals surface area contributed by atoms with Crippen molar-refractivity contribution in [3.63, 3.8) is 0 Å². The van der Waals surface area contributed by atoms with Gasteiger partial charge in [-0.3, -0.25) is 4.79 Å². The van der Waals surface area contributed by atoms with Crippen LogP contribution in [0.2, 0.25) is 0 Å². The molecule has 4 nitrogen and oxygen atoms in total. The summed E-state index contributed by atoms with van der Waals surface area (Å²) < 4.78 is 3.08. The van der Waals surface area contributed by atoms with Crippen LogP contribution in [0.4, 0.5) is 0 Å². The first kappa shape index (κ1) is 15.1. The van der Waals surface area contributed by atoms with Crippen LogP contribution in [0.1, 0.15) is 43.9 Å². The number of amides is 1. The maximum absolute atomic E-state index is 12.4. The monoisotopic (exact) mass is 417 g/mol. The third kappa shape index (κ3) is 3.04. The lowest BCUT2D eigenvalue weighted by Gasteiger charge is -2.18. The quantitative estimate of drug-likeness (QED) is 0.608. The number of alkyl halides is 1. The second-order valence-electron chi connectivity index (χ2n) is 5.55. The van der Waals surface area contributed by atoms with E-state index in [1.807, 2.05) is 36.6 Å². The molecule has 2 atom stereocenters. The second kappa shape index (κ2) is 5.76. The summed E-state index contributed by atoms with van der Waals surface area (Å²) in [5, 5.41) is 2.81. The largest absolute Gasteiger partial charge is 0.352 e. The fourth-order valence-corrected chi connectivity index (χ4v) is 3.07. The van der Waals surface area contributed by atoms with Crippen LogP contribution in [0.3, 0.4) is 0 Å². The molecule has 1 N–H and O–H groups in total. The second-order valence-corrected chi connectivity index (χ2v) is 7.45. The van der Waals surface area contributed by atoms with Gasteiger partial charge in [0.25, 0.3) is 0 Å². The first-order valence-electron chi connectivity index (χ1n) is 7.09. The molecule has 0 bridgehead atoms. The topological polar surface area (TPSA) is 46.9 Å². The Kier molecular flexibility index (Phi) is 4.14. The van der Waals surface area contributed by atoms with E-state index in [2.05, 4.69) is 32.9 Å². The molecule has 2 aromatic rings. The predicted octanol–water partition coefficient (Wildman–Crippen LogP) is 3.78.